The van der Waals surface area contributed by atoms with E-state index in [2.05, 4.69) is 36.4 Å². The summed E-state index contributed by atoms with van der Waals surface area (Å²) in [6, 6.07) is 20.1. The molecule has 3 aromatic rings. The maximum absolute atomic E-state index is 12.8. The molecular weight excluding hydrogens is 434 g/mol. The van der Waals surface area contributed by atoms with Crippen molar-refractivity contribution in [1.82, 2.24) is 4.90 Å². The molecular formula is C27H29NO4S. The first-order valence-electron chi connectivity index (χ1n) is 11.2. The zero-order chi connectivity index (χ0) is 23.2. The largest absolute Gasteiger partial charge is 0.491 e. The van der Waals surface area contributed by atoms with Crippen molar-refractivity contribution in [3.05, 3.63) is 77.4 Å². The molecule has 3 aromatic carbocycles. The second-order valence-corrected chi connectivity index (χ2v) is 9.29. The van der Waals surface area contributed by atoms with Crippen molar-refractivity contribution < 1.29 is 19.1 Å². The number of carbonyl (C=O) groups excluding carboxylic acids is 2. The van der Waals surface area contributed by atoms with Crippen molar-refractivity contribution in [2.45, 2.75) is 25.7 Å². The molecule has 0 radical (unpaired) electrons. The number of carbonyl (C=O) groups is 2. The number of hydrogen-bond donors (Lipinski definition) is 0. The number of aryl methyl sites for hydroxylation is 1. The smallest absolute Gasteiger partial charge is 0.232 e. The van der Waals surface area contributed by atoms with Crippen molar-refractivity contribution >= 4 is 34.2 Å². The lowest BCUT2D eigenvalue weighted by Crippen LogP contribution is -2.48. The number of hydrogen-bond acceptors (Lipinski definition) is 5. The average molecular weight is 464 g/mol. The van der Waals surface area contributed by atoms with Crippen LogP contribution in [-0.4, -0.2) is 54.8 Å². The second kappa shape index (κ2) is 10.9. The molecule has 1 unspecified atom stereocenters. The summed E-state index contributed by atoms with van der Waals surface area (Å²) in [4.78, 5) is 26.3. The Hall–Kier alpha value is -2.83. The highest BCUT2D eigenvalue weighted by atomic mass is 32.2. The van der Waals surface area contributed by atoms with Crippen LogP contribution in [0.25, 0.3) is 10.8 Å². The molecule has 1 atom stereocenters. The van der Waals surface area contributed by atoms with E-state index in [4.69, 9.17) is 9.47 Å². The number of ketones is 1. The van der Waals surface area contributed by atoms with Gasteiger partial charge in [-0.05, 0) is 53.9 Å². The van der Waals surface area contributed by atoms with E-state index in [-0.39, 0.29) is 17.8 Å². The van der Waals surface area contributed by atoms with Gasteiger partial charge >= 0.3 is 0 Å². The standard InChI is InChI=1S/C27H29NO4S/c1-19-14-23(10-11-25(19)20(2)29)32-16-24-15-28(12-13-31-24)27(30)18-33-17-22-8-5-7-21-6-3-4-9-26(21)22/h3-11,14,24H,12-13,15-18H2,1-2H3. The summed E-state index contributed by atoms with van der Waals surface area (Å²) in [5.74, 6) is 2.13. The maximum atomic E-state index is 12.8. The van der Waals surface area contributed by atoms with E-state index in [0.29, 0.717) is 43.4 Å². The first-order chi connectivity index (χ1) is 16.0. The molecule has 172 valence electrons. The van der Waals surface area contributed by atoms with Crippen LogP contribution in [0.5, 0.6) is 5.75 Å². The fraction of sp³-hybridized carbons (Fsp3) is 0.333. The van der Waals surface area contributed by atoms with Gasteiger partial charge in [-0.1, -0.05) is 42.5 Å². The van der Waals surface area contributed by atoms with E-state index in [0.717, 1.165) is 11.3 Å². The molecule has 5 nitrogen and oxygen atoms in total. The zero-order valence-electron chi connectivity index (χ0n) is 19.1. The van der Waals surface area contributed by atoms with Crippen LogP contribution in [0.15, 0.2) is 60.7 Å². The molecule has 1 aliphatic heterocycles. The van der Waals surface area contributed by atoms with Gasteiger partial charge in [0, 0.05) is 17.9 Å². The number of ether oxygens (including phenoxy) is 2. The van der Waals surface area contributed by atoms with Crippen LogP contribution in [0.4, 0.5) is 0 Å². The van der Waals surface area contributed by atoms with E-state index in [1.54, 1.807) is 30.8 Å². The molecule has 0 bridgehead atoms. The highest BCUT2D eigenvalue weighted by Crippen LogP contribution is 2.23. The molecule has 4 rings (SSSR count). The summed E-state index contributed by atoms with van der Waals surface area (Å²) >= 11 is 1.65. The van der Waals surface area contributed by atoms with Crippen molar-refractivity contribution in [3.63, 3.8) is 0 Å². The van der Waals surface area contributed by atoms with Crippen molar-refractivity contribution in [2.24, 2.45) is 0 Å². The average Bonchev–Trinajstić information content (AvgIpc) is 2.83. The molecule has 0 spiro atoms. The molecule has 1 heterocycles. The summed E-state index contributed by atoms with van der Waals surface area (Å²) in [7, 11) is 0. The van der Waals surface area contributed by atoms with Gasteiger partial charge in [0.05, 0.1) is 18.9 Å². The number of Topliss-reactive ketones (excluding diaryl/α,β-unsaturated/α-hetero) is 1. The second-order valence-electron chi connectivity index (χ2n) is 8.31. The molecule has 1 saturated heterocycles. The molecule has 0 aliphatic carbocycles. The number of fused-ring (bicyclic) bond motifs is 1. The Morgan fingerprint density at radius 3 is 2.76 bits per heavy atom. The van der Waals surface area contributed by atoms with E-state index >= 15 is 0 Å². The SMILES string of the molecule is CC(=O)c1ccc(OCC2CN(C(=O)CSCc3cccc4ccccc34)CCO2)cc1C. The monoisotopic (exact) mass is 463 g/mol. The number of thioether (sulfide) groups is 1. The third-order valence-corrected chi connectivity index (χ3v) is 6.83. The predicted octanol–water partition coefficient (Wildman–Crippen LogP) is 4.89. The van der Waals surface area contributed by atoms with Gasteiger partial charge in [0.1, 0.15) is 18.5 Å². The third kappa shape index (κ3) is 5.95. The number of benzene rings is 3. The lowest BCUT2D eigenvalue weighted by Gasteiger charge is -2.33. The van der Waals surface area contributed by atoms with Crippen molar-refractivity contribution in [2.75, 3.05) is 32.1 Å². The number of rotatable bonds is 8. The topological polar surface area (TPSA) is 55.8 Å². The van der Waals surface area contributed by atoms with Crippen LogP contribution >= 0.6 is 11.8 Å². The van der Waals surface area contributed by atoms with Gasteiger partial charge in [-0.25, -0.2) is 0 Å². The third-order valence-electron chi connectivity index (χ3n) is 5.87. The van der Waals surface area contributed by atoms with Crippen LogP contribution in [0.2, 0.25) is 0 Å². The summed E-state index contributed by atoms with van der Waals surface area (Å²) in [6.45, 7) is 5.47. The quantitative estimate of drug-likeness (QED) is 0.445. The number of morpholine rings is 1. The number of nitrogens with zero attached hydrogens (tertiary/aromatic N) is 1. The molecule has 1 aliphatic rings. The fourth-order valence-corrected chi connectivity index (χ4v) is 5.05. The van der Waals surface area contributed by atoms with E-state index in [1.165, 1.54) is 16.3 Å². The highest BCUT2D eigenvalue weighted by Gasteiger charge is 2.24. The zero-order valence-corrected chi connectivity index (χ0v) is 19.9. The maximum Gasteiger partial charge on any atom is 0.232 e. The van der Waals surface area contributed by atoms with Gasteiger partial charge < -0.3 is 14.4 Å². The van der Waals surface area contributed by atoms with Crippen LogP contribution < -0.4 is 4.74 Å². The molecule has 33 heavy (non-hydrogen) atoms. The Balaban J connectivity index is 1.26. The van der Waals surface area contributed by atoms with Gasteiger partial charge in [0.15, 0.2) is 5.78 Å². The van der Waals surface area contributed by atoms with Crippen molar-refractivity contribution in [3.8, 4) is 5.75 Å². The molecule has 0 N–H and O–H groups in total. The Labute approximate surface area is 199 Å². The summed E-state index contributed by atoms with van der Waals surface area (Å²) < 4.78 is 11.7. The van der Waals surface area contributed by atoms with Gasteiger partial charge in [-0.2, -0.15) is 0 Å². The number of amides is 1. The van der Waals surface area contributed by atoms with Gasteiger partial charge in [0.2, 0.25) is 5.91 Å². The lowest BCUT2D eigenvalue weighted by atomic mass is 10.1. The first-order valence-corrected chi connectivity index (χ1v) is 12.3. The van der Waals surface area contributed by atoms with Crippen LogP contribution in [0, 0.1) is 6.92 Å². The molecule has 1 amide bonds. The normalized spacial score (nSPS) is 16.1. The van der Waals surface area contributed by atoms with Crippen LogP contribution in [0.1, 0.15) is 28.4 Å². The van der Waals surface area contributed by atoms with Crippen LogP contribution in [-0.2, 0) is 15.3 Å². The fourth-order valence-electron chi connectivity index (χ4n) is 4.11. The van der Waals surface area contributed by atoms with Crippen molar-refractivity contribution in [1.29, 1.82) is 0 Å². The minimum absolute atomic E-state index is 0.0436. The summed E-state index contributed by atoms with van der Waals surface area (Å²) in [5.41, 5.74) is 2.85. The Kier molecular flexibility index (Phi) is 7.68. The first kappa shape index (κ1) is 23.3. The summed E-state index contributed by atoms with van der Waals surface area (Å²) in [6.07, 6.45) is -0.168. The lowest BCUT2D eigenvalue weighted by molar-refractivity contribution is -0.137. The van der Waals surface area contributed by atoms with E-state index in [9.17, 15) is 9.59 Å². The Morgan fingerprint density at radius 1 is 1.12 bits per heavy atom. The van der Waals surface area contributed by atoms with Gasteiger partial charge in [-0.3, -0.25) is 9.59 Å². The molecule has 6 heteroatoms. The minimum atomic E-state index is -0.168. The van der Waals surface area contributed by atoms with Gasteiger partial charge in [-0.15, -0.1) is 11.8 Å². The molecule has 1 fully saturated rings. The van der Waals surface area contributed by atoms with E-state index < -0.39 is 0 Å². The highest BCUT2D eigenvalue weighted by molar-refractivity contribution is 7.99. The minimum Gasteiger partial charge on any atom is -0.491 e. The Bertz CT molecular complexity index is 1140. The van der Waals surface area contributed by atoms with Crippen LogP contribution in [0.3, 0.4) is 0 Å². The predicted molar refractivity (Wildman–Crippen MR) is 133 cm³/mol. The Morgan fingerprint density at radius 2 is 1.94 bits per heavy atom. The van der Waals surface area contributed by atoms with E-state index in [1.807, 2.05) is 24.0 Å². The molecule has 0 saturated carbocycles. The van der Waals surface area contributed by atoms with Gasteiger partial charge in [0.25, 0.3) is 0 Å². The molecule has 0 aromatic heterocycles. The summed E-state index contributed by atoms with van der Waals surface area (Å²) in [5, 5.41) is 2.47.